The molecule has 2 amide bonds. The van der Waals surface area contributed by atoms with Crippen LogP contribution in [0.1, 0.15) is 55.8 Å². The molecule has 2 unspecified atom stereocenters. The molecule has 1 fully saturated rings. The van der Waals surface area contributed by atoms with E-state index in [1.54, 1.807) is 31.2 Å². The Morgan fingerprint density at radius 1 is 1.11 bits per heavy atom. The van der Waals surface area contributed by atoms with Crippen LogP contribution in [0.15, 0.2) is 35.9 Å². The minimum absolute atomic E-state index is 0.0600. The summed E-state index contributed by atoms with van der Waals surface area (Å²) < 4.78 is 5.02. The van der Waals surface area contributed by atoms with Crippen LogP contribution in [0.2, 0.25) is 0 Å². The molecule has 6 heteroatoms. The number of esters is 1. The molecule has 1 saturated carbocycles. The lowest BCUT2D eigenvalue weighted by Gasteiger charge is -2.13. The fourth-order valence-corrected chi connectivity index (χ4v) is 3.59. The quantitative estimate of drug-likeness (QED) is 0.531. The predicted octanol–water partition coefficient (Wildman–Crippen LogP) is 3.44. The Bertz CT molecular complexity index is 772. The van der Waals surface area contributed by atoms with Gasteiger partial charge in [-0.25, -0.2) is 4.79 Å². The monoisotopic (exact) mass is 384 g/mol. The second kappa shape index (κ2) is 9.53. The Morgan fingerprint density at radius 3 is 2.64 bits per heavy atom. The maximum absolute atomic E-state index is 12.5. The minimum atomic E-state index is -0.472. The molecule has 1 aromatic rings. The number of para-hydroxylation sites is 1. The van der Waals surface area contributed by atoms with Crippen LogP contribution in [0.3, 0.4) is 0 Å². The van der Waals surface area contributed by atoms with E-state index in [1.807, 2.05) is 0 Å². The summed E-state index contributed by atoms with van der Waals surface area (Å²) in [5.41, 5.74) is 2.16. The first-order valence-electron chi connectivity index (χ1n) is 10.1. The fraction of sp³-hybridized carbons (Fsp3) is 0.500. The summed E-state index contributed by atoms with van der Waals surface area (Å²) >= 11 is 0. The molecule has 2 atom stereocenters. The van der Waals surface area contributed by atoms with Gasteiger partial charge in [0.25, 0.3) is 0 Å². The van der Waals surface area contributed by atoms with E-state index in [1.165, 1.54) is 18.4 Å². The minimum Gasteiger partial charge on any atom is -0.462 e. The maximum Gasteiger partial charge on any atom is 0.340 e. The number of benzene rings is 1. The number of carbonyl (C=O) groups is 3. The van der Waals surface area contributed by atoms with Crippen LogP contribution >= 0.6 is 0 Å². The molecule has 28 heavy (non-hydrogen) atoms. The summed E-state index contributed by atoms with van der Waals surface area (Å²) in [6.45, 7) is 2.63. The van der Waals surface area contributed by atoms with E-state index in [-0.39, 0.29) is 30.3 Å². The van der Waals surface area contributed by atoms with Crippen molar-refractivity contribution >= 4 is 23.5 Å². The second-order valence-corrected chi connectivity index (χ2v) is 7.35. The Kier molecular flexibility index (Phi) is 6.85. The van der Waals surface area contributed by atoms with Crippen molar-refractivity contribution in [1.29, 1.82) is 0 Å². The highest BCUT2D eigenvalue weighted by molar-refractivity contribution is 6.04. The highest BCUT2D eigenvalue weighted by atomic mass is 16.5. The molecule has 0 aromatic heterocycles. The van der Waals surface area contributed by atoms with Gasteiger partial charge in [-0.05, 0) is 57.6 Å². The van der Waals surface area contributed by atoms with Crippen molar-refractivity contribution in [3.63, 3.8) is 0 Å². The summed E-state index contributed by atoms with van der Waals surface area (Å²) in [5, 5.41) is 5.73. The average Bonchev–Trinajstić information content (AvgIpc) is 3.50. The molecular weight excluding hydrogens is 356 g/mol. The van der Waals surface area contributed by atoms with Gasteiger partial charge < -0.3 is 15.4 Å². The highest BCUT2D eigenvalue weighted by Crippen LogP contribution is 2.39. The number of nitrogens with one attached hydrogen (secondary N) is 2. The number of hydrogen-bond acceptors (Lipinski definition) is 4. The zero-order chi connectivity index (χ0) is 19.9. The van der Waals surface area contributed by atoms with Crippen LogP contribution in [-0.2, 0) is 14.3 Å². The van der Waals surface area contributed by atoms with E-state index < -0.39 is 5.97 Å². The number of amides is 2. The molecule has 0 aliphatic heterocycles. The first-order chi connectivity index (χ1) is 13.6. The number of hydrogen-bond donors (Lipinski definition) is 2. The van der Waals surface area contributed by atoms with Crippen molar-refractivity contribution in [2.24, 2.45) is 11.8 Å². The van der Waals surface area contributed by atoms with Gasteiger partial charge in [0, 0.05) is 6.54 Å². The van der Waals surface area contributed by atoms with E-state index in [0.29, 0.717) is 24.2 Å². The molecule has 2 aliphatic rings. The maximum atomic E-state index is 12.5. The van der Waals surface area contributed by atoms with E-state index in [4.69, 9.17) is 4.74 Å². The molecule has 2 N–H and O–H groups in total. The van der Waals surface area contributed by atoms with Gasteiger partial charge in [-0.1, -0.05) is 23.8 Å². The first kappa shape index (κ1) is 20.1. The largest absolute Gasteiger partial charge is 0.462 e. The Morgan fingerprint density at radius 2 is 1.89 bits per heavy atom. The van der Waals surface area contributed by atoms with Gasteiger partial charge in [-0.15, -0.1) is 0 Å². The normalized spacial score (nSPS) is 20.7. The zero-order valence-corrected chi connectivity index (χ0v) is 16.3. The SMILES string of the molecule is CCOC(=O)c1ccccc1NC(=O)C1CC1C(=O)NCCC1=CCCCC1. The lowest BCUT2D eigenvalue weighted by molar-refractivity contribution is -0.125. The van der Waals surface area contributed by atoms with Gasteiger partial charge >= 0.3 is 5.97 Å². The first-order valence-corrected chi connectivity index (χ1v) is 10.1. The summed E-state index contributed by atoms with van der Waals surface area (Å²) in [7, 11) is 0. The molecule has 0 bridgehead atoms. The smallest absolute Gasteiger partial charge is 0.340 e. The van der Waals surface area contributed by atoms with Crippen LogP contribution in [0, 0.1) is 11.8 Å². The van der Waals surface area contributed by atoms with E-state index in [9.17, 15) is 14.4 Å². The Labute approximate surface area is 165 Å². The molecule has 3 rings (SSSR count). The third-order valence-electron chi connectivity index (χ3n) is 5.27. The van der Waals surface area contributed by atoms with Crippen molar-refractivity contribution in [2.75, 3.05) is 18.5 Å². The van der Waals surface area contributed by atoms with Gasteiger partial charge in [-0.3, -0.25) is 9.59 Å². The average molecular weight is 384 g/mol. The summed E-state index contributed by atoms with van der Waals surface area (Å²) in [4.78, 5) is 36.8. The van der Waals surface area contributed by atoms with Crippen molar-refractivity contribution in [3.8, 4) is 0 Å². The Hall–Kier alpha value is -2.63. The fourth-order valence-electron chi connectivity index (χ4n) is 3.59. The summed E-state index contributed by atoms with van der Waals surface area (Å²) in [5.74, 6) is -1.39. The number of anilines is 1. The topological polar surface area (TPSA) is 84.5 Å². The van der Waals surface area contributed by atoms with Crippen LogP contribution in [0.4, 0.5) is 5.69 Å². The van der Waals surface area contributed by atoms with Gasteiger partial charge in [0.2, 0.25) is 11.8 Å². The van der Waals surface area contributed by atoms with Crippen LogP contribution in [0.5, 0.6) is 0 Å². The van der Waals surface area contributed by atoms with E-state index >= 15 is 0 Å². The highest BCUT2D eigenvalue weighted by Gasteiger charge is 2.48. The van der Waals surface area contributed by atoms with Crippen LogP contribution in [0.25, 0.3) is 0 Å². The standard InChI is InChI=1S/C22H28N2O4/c1-2-28-22(27)16-10-6-7-11-19(16)24-21(26)18-14-17(18)20(25)23-13-12-15-8-4-3-5-9-15/h6-8,10-11,17-18H,2-5,9,12-14H2,1H3,(H,23,25)(H,24,26). The molecule has 0 heterocycles. The molecular formula is C22H28N2O4. The third kappa shape index (κ3) is 5.21. The van der Waals surface area contributed by atoms with Crippen molar-refractivity contribution in [1.82, 2.24) is 5.32 Å². The lowest BCUT2D eigenvalue weighted by Crippen LogP contribution is -2.28. The number of rotatable bonds is 8. The van der Waals surface area contributed by atoms with Gasteiger partial charge in [-0.2, -0.15) is 0 Å². The van der Waals surface area contributed by atoms with E-state index in [2.05, 4.69) is 16.7 Å². The molecule has 2 aliphatic carbocycles. The van der Waals surface area contributed by atoms with Gasteiger partial charge in [0.15, 0.2) is 0 Å². The van der Waals surface area contributed by atoms with Gasteiger partial charge in [0.05, 0.1) is 29.7 Å². The molecule has 6 nitrogen and oxygen atoms in total. The zero-order valence-electron chi connectivity index (χ0n) is 16.3. The third-order valence-corrected chi connectivity index (χ3v) is 5.27. The predicted molar refractivity (Wildman–Crippen MR) is 107 cm³/mol. The molecule has 1 aromatic carbocycles. The summed E-state index contributed by atoms with van der Waals surface area (Å²) in [6.07, 6.45) is 8.48. The van der Waals surface area contributed by atoms with Crippen molar-refractivity contribution in [2.45, 2.75) is 45.4 Å². The summed E-state index contributed by atoms with van der Waals surface area (Å²) in [6, 6.07) is 6.75. The van der Waals surface area contributed by atoms with Crippen LogP contribution in [-0.4, -0.2) is 30.9 Å². The number of carbonyl (C=O) groups excluding carboxylic acids is 3. The molecule has 0 spiro atoms. The number of ether oxygens (including phenoxy) is 1. The van der Waals surface area contributed by atoms with Gasteiger partial charge in [0.1, 0.15) is 0 Å². The molecule has 0 saturated heterocycles. The van der Waals surface area contributed by atoms with Crippen molar-refractivity contribution in [3.05, 3.63) is 41.5 Å². The lowest BCUT2D eigenvalue weighted by atomic mass is 9.97. The molecule has 0 radical (unpaired) electrons. The second-order valence-electron chi connectivity index (χ2n) is 7.35. The van der Waals surface area contributed by atoms with Crippen molar-refractivity contribution < 1.29 is 19.1 Å². The van der Waals surface area contributed by atoms with Crippen LogP contribution < -0.4 is 10.6 Å². The Balaban J connectivity index is 1.47. The number of allylic oxidation sites excluding steroid dienone is 1. The van der Waals surface area contributed by atoms with E-state index in [0.717, 1.165) is 19.3 Å². The molecule has 150 valence electrons.